The van der Waals surface area contributed by atoms with Crippen LogP contribution in [0.1, 0.15) is 43.7 Å². The van der Waals surface area contributed by atoms with E-state index in [1.165, 1.54) is 0 Å². The van der Waals surface area contributed by atoms with E-state index < -0.39 is 5.60 Å². The molecule has 1 aromatic heterocycles. The summed E-state index contributed by atoms with van der Waals surface area (Å²) >= 11 is 1.63. The van der Waals surface area contributed by atoms with Crippen molar-refractivity contribution in [3.05, 3.63) is 34.2 Å². The van der Waals surface area contributed by atoms with Crippen molar-refractivity contribution in [3.8, 4) is 11.3 Å². The Kier molecular flexibility index (Phi) is 4.42. The lowest BCUT2D eigenvalue weighted by molar-refractivity contribution is -0.115. The van der Waals surface area contributed by atoms with Crippen molar-refractivity contribution in [1.82, 2.24) is 9.88 Å². The molecule has 0 saturated carbocycles. The Hall–Kier alpha value is -2.41. The molecule has 1 N–H and O–H groups in total. The maximum absolute atomic E-state index is 12.3. The van der Waals surface area contributed by atoms with Gasteiger partial charge in [0.15, 0.2) is 0 Å². The second kappa shape index (κ2) is 6.64. The maximum atomic E-state index is 12.3. The number of carbonyl (C=O) groups is 2. The monoisotopic (exact) mass is 385 g/mol. The Labute approximate surface area is 162 Å². The normalized spacial score (nSPS) is 19.1. The summed E-state index contributed by atoms with van der Waals surface area (Å²) in [4.78, 5) is 30.4. The number of likely N-dealkylation sites (tertiary alicyclic amines) is 1. The molecule has 3 heterocycles. The minimum atomic E-state index is -0.479. The van der Waals surface area contributed by atoms with Crippen LogP contribution in [0.15, 0.2) is 23.6 Å². The quantitative estimate of drug-likeness (QED) is 0.847. The second-order valence-electron chi connectivity index (χ2n) is 8.08. The minimum Gasteiger partial charge on any atom is -0.444 e. The largest absolute Gasteiger partial charge is 0.444 e. The van der Waals surface area contributed by atoms with E-state index in [4.69, 9.17) is 9.72 Å². The van der Waals surface area contributed by atoms with Crippen LogP contribution in [0.2, 0.25) is 0 Å². The van der Waals surface area contributed by atoms with E-state index in [0.717, 1.165) is 33.9 Å². The number of hydrogen-bond acceptors (Lipinski definition) is 5. The lowest BCUT2D eigenvalue weighted by Crippen LogP contribution is -2.35. The molecule has 0 radical (unpaired) electrons. The van der Waals surface area contributed by atoms with Crippen molar-refractivity contribution < 1.29 is 14.3 Å². The predicted octanol–water partition coefficient (Wildman–Crippen LogP) is 4.03. The van der Waals surface area contributed by atoms with Crippen molar-refractivity contribution in [3.63, 3.8) is 0 Å². The zero-order valence-corrected chi connectivity index (χ0v) is 16.6. The fourth-order valence-electron chi connectivity index (χ4n) is 3.45. The highest BCUT2D eigenvalue weighted by Gasteiger charge is 2.32. The molecular formula is C20H23N3O3S. The maximum Gasteiger partial charge on any atom is 0.410 e. The van der Waals surface area contributed by atoms with Crippen LogP contribution in [-0.4, -0.2) is 40.6 Å². The number of hydrogen-bond donors (Lipinski definition) is 1. The molecule has 1 fully saturated rings. The lowest BCUT2D eigenvalue weighted by Gasteiger charge is -2.24. The zero-order chi connectivity index (χ0) is 19.2. The number of aromatic nitrogens is 1. The Morgan fingerprint density at radius 1 is 1.37 bits per heavy atom. The Balaban J connectivity index is 1.45. The number of amides is 2. The predicted molar refractivity (Wildman–Crippen MR) is 105 cm³/mol. The summed E-state index contributed by atoms with van der Waals surface area (Å²) in [5, 5.41) is 5.95. The first-order chi connectivity index (χ1) is 12.8. The van der Waals surface area contributed by atoms with Gasteiger partial charge in [-0.1, -0.05) is 6.07 Å². The highest BCUT2D eigenvalue weighted by Crippen LogP contribution is 2.34. The summed E-state index contributed by atoms with van der Waals surface area (Å²) in [5.41, 5.74) is 3.38. The highest BCUT2D eigenvalue weighted by molar-refractivity contribution is 7.10. The van der Waals surface area contributed by atoms with Gasteiger partial charge in [-0.05, 0) is 44.9 Å². The third-order valence-corrected chi connectivity index (χ3v) is 5.74. The van der Waals surface area contributed by atoms with Gasteiger partial charge in [-0.3, -0.25) is 4.79 Å². The van der Waals surface area contributed by atoms with Crippen LogP contribution < -0.4 is 5.32 Å². The summed E-state index contributed by atoms with van der Waals surface area (Å²) in [5.74, 6) is 0.281. The molecule has 4 rings (SSSR count). The van der Waals surface area contributed by atoms with E-state index >= 15 is 0 Å². The van der Waals surface area contributed by atoms with Crippen molar-refractivity contribution >= 4 is 29.0 Å². The molecule has 2 aliphatic heterocycles. The first kappa shape index (κ1) is 18.0. The third kappa shape index (κ3) is 3.83. The molecule has 142 valence electrons. The van der Waals surface area contributed by atoms with Gasteiger partial charge in [-0.25, -0.2) is 9.78 Å². The van der Waals surface area contributed by atoms with Gasteiger partial charge in [0.1, 0.15) is 5.60 Å². The first-order valence-corrected chi connectivity index (χ1v) is 10.0. The van der Waals surface area contributed by atoms with Crippen LogP contribution in [0.25, 0.3) is 11.3 Å². The van der Waals surface area contributed by atoms with Crippen molar-refractivity contribution in [2.45, 2.75) is 45.1 Å². The number of ether oxygens (including phenoxy) is 1. The van der Waals surface area contributed by atoms with Crippen LogP contribution in [-0.2, 0) is 16.0 Å². The van der Waals surface area contributed by atoms with Gasteiger partial charge in [0.05, 0.1) is 17.1 Å². The molecule has 7 heteroatoms. The first-order valence-electron chi connectivity index (χ1n) is 9.15. The number of thiazole rings is 1. The summed E-state index contributed by atoms with van der Waals surface area (Å²) in [7, 11) is 0. The van der Waals surface area contributed by atoms with Gasteiger partial charge in [-0.2, -0.15) is 0 Å². The van der Waals surface area contributed by atoms with Crippen LogP contribution in [0.4, 0.5) is 10.5 Å². The molecule has 1 aromatic carbocycles. The lowest BCUT2D eigenvalue weighted by atomic mass is 10.1. The average Bonchev–Trinajstić information content (AvgIpc) is 3.30. The molecule has 0 spiro atoms. The van der Waals surface area contributed by atoms with Gasteiger partial charge >= 0.3 is 6.09 Å². The van der Waals surface area contributed by atoms with Crippen LogP contribution in [0.3, 0.4) is 0 Å². The standard InChI is InChI=1S/C20H23N3O3S/c1-20(2,3)26-19(25)23-7-6-13(10-23)18-22-16(11-27-18)12-4-5-15-14(8-12)9-17(24)21-15/h4-5,8,11,13H,6-7,9-10H2,1-3H3,(H,21,24). The summed E-state index contributed by atoms with van der Waals surface area (Å²) < 4.78 is 5.47. The van der Waals surface area contributed by atoms with Gasteiger partial charge in [0, 0.05) is 35.6 Å². The van der Waals surface area contributed by atoms with E-state index in [2.05, 4.69) is 10.7 Å². The highest BCUT2D eigenvalue weighted by atomic mass is 32.1. The van der Waals surface area contributed by atoms with Gasteiger partial charge in [-0.15, -0.1) is 11.3 Å². The number of carbonyl (C=O) groups excluding carboxylic acids is 2. The fourth-order valence-corrected chi connectivity index (χ4v) is 4.41. The zero-order valence-electron chi connectivity index (χ0n) is 15.7. The van der Waals surface area contributed by atoms with Gasteiger partial charge in [0.2, 0.25) is 5.91 Å². The molecule has 0 bridgehead atoms. The second-order valence-corrected chi connectivity index (χ2v) is 8.97. The van der Waals surface area contributed by atoms with Crippen molar-refractivity contribution in [1.29, 1.82) is 0 Å². The van der Waals surface area contributed by atoms with E-state index in [0.29, 0.717) is 19.5 Å². The number of nitrogens with zero attached hydrogens (tertiary/aromatic N) is 2. The van der Waals surface area contributed by atoms with E-state index in [-0.39, 0.29) is 17.9 Å². The molecule has 27 heavy (non-hydrogen) atoms. The Morgan fingerprint density at radius 2 is 2.19 bits per heavy atom. The number of nitrogens with one attached hydrogen (secondary N) is 1. The van der Waals surface area contributed by atoms with Crippen LogP contribution >= 0.6 is 11.3 Å². The molecule has 2 aromatic rings. The molecule has 0 aliphatic carbocycles. The summed E-state index contributed by atoms with van der Waals surface area (Å²) in [6, 6.07) is 5.97. The van der Waals surface area contributed by atoms with Crippen LogP contribution in [0.5, 0.6) is 0 Å². The Bertz CT molecular complexity index is 900. The van der Waals surface area contributed by atoms with Gasteiger partial charge < -0.3 is 15.0 Å². The SMILES string of the molecule is CC(C)(C)OC(=O)N1CCC(c2nc(-c3ccc4c(c3)CC(=O)N4)cs2)C1. The molecule has 6 nitrogen and oxygen atoms in total. The number of rotatable bonds is 2. The fraction of sp³-hybridized carbons (Fsp3) is 0.450. The van der Waals surface area contributed by atoms with Crippen LogP contribution in [0, 0.1) is 0 Å². The molecule has 1 unspecified atom stereocenters. The molecule has 2 amide bonds. The molecular weight excluding hydrogens is 362 g/mol. The summed E-state index contributed by atoms with van der Waals surface area (Å²) in [6.45, 7) is 6.98. The third-order valence-electron chi connectivity index (χ3n) is 4.74. The number of fused-ring (bicyclic) bond motifs is 1. The van der Waals surface area contributed by atoms with E-state index in [1.54, 1.807) is 16.2 Å². The molecule has 1 saturated heterocycles. The Morgan fingerprint density at radius 3 is 2.96 bits per heavy atom. The number of anilines is 1. The van der Waals surface area contributed by atoms with E-state index in [9.17, 15) is 9.59 Å². The average molecular weight is 385 g/mol. The van der Waals surface area contributed by atoms with Crippen molar-refractivity contribution in [2.75, 3.05) is 18.4 Å². The van der Waals surface area contributed by atoms with Gasteiger partial charge in [0.25, 0.3) is 0 Å². The van der Waals surface area contributed by atoms with Crippen molar-refractivity contribution in [2.24, 2.45) is 0 Å². The summed E-state index contributed by atoms with van der Waals surface area (Å²) in [6.07, 6.45) is 1.07. The topological polar surface area (TPSA) is 71.5 Å². The molecule has 1 atom stereocenters. The minimum absolute atomic E-state index is 0.0364. The number of benzene rings is 1. The van der Waals surface area contributed by atoms with E-state index in [1.807, 2.05) is 39.0 Å². The smallest absolute Gasteiger partial charge is 0.410 e. The molecule has 2 aliphatic rings.